The summed E-state index contributed by atoms with van der Waals surface area (Å²) in [5.41, 5.74) is 6.97. The van der Waals surface area contributed by atoms with Crippen LogP contribution < -0.4 is 11.1 Å². The van der Waals surface area contributed by atoms with Crippen LogP contribution in [-0.4, -0.2) is 30.0 Å². The van der Waals surface area contributed by atoms with E-state index < -0.39 is 17.9 Å². The van der Waals surface area contributed by atoms with Gasteiger partial charge in [-0.3, -0.25) is 4.79 Å². The summed E-state index contributed by atoms with van der Waals surface area (Å²) in [6.07, 6.45) is 5.11. The first-order valence-corrected chi connectivity index (χ1v) is 8.64. The highest BCUT2D eigenvalue weighted by atomic mass is 16.5. The van der Waals surface area contributed by atoms with Gasteiger partial charge >= 0.3 is 5.97 Å². The Bertz CT molecular complexity index is 785. The summed E-state index contributed by atoms with van der Waals surface area (Å²) in [4.78, 5) is 29.2. The van der Waals surface area contributed by atoms with Crippen molar-refractivity contribution in [2.45, 2.75) is 38.1 Å². The molecule has 0 aliphatic heterocycles. The number of nitrogens with zero attached hydrogens (tertiary/aromatic N) is 1. The number of fused-ring (bicyclic) bond motifs is 1. The largest absolute Gasteiger partial charge is 0.467 e. The van der Waals surface area contributed by atoms with Crippen molar-refractivity contribution in [1.82, 2.24) is 10.3 Å². The van der Waals surface area contributed by atoms with Gasteiger partial charge in [0.2, 0.25) is 0 Å². The third-order valence-electron chi connectivity index (χ3n) is 4.86. The summed E-state index contributed by atoms with van der Waals surface area (Å²) >= 11 is 0. The third kappa shape index (κ3) is 3.73. The van der Waals surface area contributed by atoms with Gasteiger partial charge in [-0.05, 0) is 30.9 Å². The zero-order chi connectivity index (χ0) is 17.8. The number of benzene rings is 1. The Morgan fingerprint density at radius 3 is 2.68 bits per heavy atom. The number of nitrogens with one attached hydrogen (secondary N) is 1. The van der Waals surface area contributed by atoms with Crippen LogP contribution in [0.3, 0.4) is 0 Å². The lowest BCUT2D eigenvalue weighted by atomic mass is 9.83. The molecule has 2 aromatic rings. The first kappa shape index (κ1) is 17.2. The molecule has 3 rings (SSSR count). The molecule has 0 bridgehead atoms. The molecule has 1 fully saturated rings. The highest BCUT2D eigenvalue weighted by Crippen LogP contribution is 2.27. The fourth-order valence-electron chi connectivity index (χ4n) is 3.50. The maximum atomic E-state index is 12.7. The fourth-order valence-corrected chi connectivity index (χ4v) is 3.50. The minimum atomic E-state index is -0.649. The molecule has 3 N–H and O–H groups in total. The lowest BCUT2D eigenvalue weighted by molar-refractivity contribution is -0.144. The summed E-state index contributed by atoms with van der Waals surface area (Å²) in [5, 5.41) is 3.65. The van der Waals surface area contributed by atoms with Gasteiger partial charge in [0.15, 0.2) is 0 Å². The molecule has 0 spiro atoms. The quantitative estimate of drug-likeness (QED) is 0.834. The van der Waals surface area contributed by atoms with Gasteiger partial charge in [0.1, 0.15) is 11.9 Å². The average molecular weight is 341 g/mol. The number of para-hydroxylation sites is 1. The Balaban J connectivity index is 1.85. The number of carbonyl (C=O) groups is 2. The topological polar surface area (TPSA) is 94.3 Å². The monoisotopic (exact) mass is 341 g/mol. The maximum absolute atomic E-state index is 12.7. The molecule has 6 nitrogen and oxygen atoms in total. The summed E-state index contributed by atoms with van der Waals surface area (Å²) in [6.45, 7) is 0. The second kappa shape index (κ2) is 7.51. The van der Waals surface area contributed by atoms with Crippen LogP contribution in [-0.2, 0) is 9.53 Å². The molecule has 1 aromatic carbocycles. The van der Waals surface area contributed by atoms with E-state index in [2.05, 4.69) is 10.3 Å². The van der Waals surface area contributed by atoms with Crippen LogP contribution >= 0.6 is 0 Å². The number of nitrogen functional groups attached to an aromatic ring is 1. The number of methoxy groups -OCH3 is 1. The lowest BCUT2D eigenvalue weighted by Crippen LogP contribution is -2.47. The molecular formula is C19H23N3O3. The van der Waals surface area contributed by atoms with Crippen LogP contribution in [0, 0.1) is 5.92 Å². The van der Waals surface area contributed by atoms with Crippen molar-refractivity contribution in [3.63, 3.8) is 0 Å². The van der Waals surface area contributed by atoms with E-state index in [0.717, 1.165) is 36.6 Å². The van der Waals surface area contributed by atoms with Crippen molar-refractivity contribution < 1.29 is 14.3 Å². The number of carbonyl (C=O) groups excluding carboxylic acids is 2. The van der Waals surface area contributed by atoms with Crippen molar-refractivity contribution >= 4 is 28.6 Å². The van der Waals surface area contributed by atoms with Gasteiger partial charge in [-0.1, -0.05) is 37.5 Å². The standard InChI is InChI=1S/C19H23N3O3/c1-25-19(24)16(12-7-3-2-4-8-12)22-18(23)14-11-13-9-5-6-10-15(13)21-17(14)20/h5-6,9-12,16H,2-4,7-8H2,1H3,(H2,20,21)(H,22,23)/t16-/m0/s1. The molecule has 1 heterocycles. The van der Waals surface area contributed by atoms with Crippen LogP contribution in [0.2, 0.25) is 0 Å². The minimum Gasteiger partial charge on any atom is -0.467 e. The predicted molar refractivity (Wildman–Crippen MR) is 96.0 cm³/mol. The summed E-state index contributed by atoms with van der Waals surface area (Å²) in [6, 6.07) is 8.52. The van der Waals surface area contributed by atoms with E-state index in [9.17, 15) is 9.59 Å². The van der Waals surface area contributed by atoms with Gasteiger partial charge in [0.05, 0.1) is 18.2 Å². The second-order valence-electron chi connectivity index (χ2n) is 6.49. The van der Waals surface area contributed by atoms with Crippen molar-refractivity contribution in [2.75, 3.05) is 12.8 Å². The van der Waals surface area contributed by atoms with Crippen LogP contribution in [0.15, 0.2) is 30.3 Å². The Hall–Kier alpha value is -2.63. The van der Waals surface area contributed by atoms with E-state index in [1.807, 2.05) is 24.3 Å². The van der Waals surface area contributed by atoms with E-state index in [4.69, 9.17) is 10.5 Å². The van der Waals surface area contributed by atoms with Crippen LogP contribution in [0.5, 0.6) is 0 Å². The molecule has 1 amide bonds. The highest BCUT2D eigenvalue weighted by Gasteiger charge is 2.32. The SMILES string of the molecule is COC(=O)[C@@H](NC(=O)c1cc2ccccc2nc1N)C1CCCCC1. The summed E-state index contributed by atoms with van der Waals surface area (Å²) in [7, 11) is 1.34. The number of nitrogens with two attached hydrogens (primary N) is 1. The van der Waals surface area contributed by atoms with Gasteiger partial charge in [-0.2, -0.15) is 0 Å². The number of aromatic nitrogens is 1. The number of anilines is 1. The van der Waals surface area contributed by atoms with Crippen molar-refractivity contribution in [3.8, 4) is 0 Å². The van der Waals surface area contributed by atoms with Crippen molar-refractivity contribution in [2.24, 2.45) is 5.92 Å². The maximum Gasteiger partial charge on any atom is 0.328 e. The van der Waals surface area contributed by atoms with Gasteiger partial charge in [0.25, 0.3) is 5.91 Å². The number of pyridine rings is 1. The van der Waals surface area contributed by atoms with Gasteiger partial charge in [-0.25, -0.2) is 9.78 Å². The van der Waals surface area contributed by atoms with Crippen LogP contribution in [0.1, 0.15) is 42.5 Å². The zero-order valence-corrected chi connectivity index (χ0v) is 14.3. The Morgan fingerprint density at radius 1 is 1.24 bits per heavy atom. The first-order valence-electron chi connectivity index (χ1n) is 8.64. The molecule has 132 valence electrons. The van der Waals surface area contributed by atoms with Crippen molar-refractivity contribution in [1.29, 1.82) is 0 Å². The van der Waals surface area contributed by atoms with E-state index in [-0.39, 0.29) is 17.3 Å². The molecule has 1 aliphatic rings. The molecule has 6 heteroatoms. The number of amides is 1. The fraction of sp³-hybridized carbons (Fsp3) is 0.421. The highest BCUT2D eigenvalue weighted by molar-refractivity contribution is 6.03. The smallest absolute Gasteiger partial charge is 0.328 e. The van der Waals surface area contributed by atoms with E-state index in [0.29, 0.717) is 0 Å². The number of rotatable bonds is 4. The molecule has 0 radical (unpaired) electrons. The molecule has 25 heavy (non-hydrogen) atoms. The Labute approximate surface area is 146 Å². The first-order chi connectivity index (χ1) is 12.1. The van der Waals surface area contributed by atoms with Gasteiger partial charge in [0, 0.05) is 5.39 Å². The van der Waals surface area contributed by atoms with Gasteiger partial charge < -0.3 is 15.8 Å². The normalized spacial score (nSPS) is 16.4. The average Bonchev–Trinajstić information content (AvgIpc) is 2.65. The summed E-state index contributed by atoms with van der Waals surface area (Å²) in [5.74, 6) is -0.549. The van der Waals surface area contributed by atoms with Crippen LogP contribution in [0.4, 0.5) is 5.82 Å². The third-order valence-corrected chi connectivity index (χ3v) is 4.86. The van der Waals surface area contributed by atoms with Crippen molar-refractivity contribution in [3.05, 3.63) is 35.9 Å². The van der Waals surface area contributed by atoms with Gasteiger partial charge in [-0.15, -0.1) is 0 Å². The minimum absolute atomic E-state index is 0.0970. The molecular weight excluding hydrogens is 318 g/mol. The number of ether oxygens (including phenoxy) is 1. The Morgan fingerprint density at radius 2 is 1.96 bits per heavy atom. The predicted octanol–water partition coefficient (Wildman–Crippen LogP) is 2.67. The van der Waals surface area contributed by atoms with E-state index in [1.54, 1.807) is 6.07 Å². The zero-order valence-electron chi connectivity index (χ0n) is 14.3. The van der Waals surface area contributed by atoms with E-state index in [1.165, 1.54) is 13.5 Å². The molecule has 1 aromatic heterocycles. The van der Waals surface area contributed by atoms with E-state index >= 15 is 0 Å². The molecule has 1 aliphatic carbocycles. The molecule has 0 unspecified atom stereocenters. The summed E-state index contributed by atoms with van der Waals surface area (Å²) < 4.78 is 4.90. The number of hydrogen-bond acceptors (Lipinski definition) is 5. The Kier molecular flexibility index (Phi) is 5.16. The second-order valence-corrected chi connectivity index (χ2v) is 6.49. The molecule has 0 saturated heterocycles. The molecule has 1 atom stereocenters. The number of hydrogen-bond donors (Lipinski definition) is 2. The number of esters is 1. The molecule has 1 saturated carbocycles. The lowest BCUT2D eigenvalue weighted by Gasteiger charge is -2.29. The van der Waals surface area contributed by atoms with Crippen LogP contribution in [0.25, 0.3) is 10.9 Å².